The molecule has 0 heterocycles. The van der Waals surface area contributed by atoms with Gasteiger partial charge in [0, 0.05) is 30.8 Å². The number of carbonyl (C=O) groups excluding carboxylic acids is 1. The van der Waals surface area contributed by atoms with Gasteiger partial charge in [0.2, 0.25) is 5.91 Å². The van der Waals surface area contributed by atoms with E-state index in [9.17, 15) is 9.18 Å². The van der Waals surface area contributed by atoms with Crippen molar-refractivity contribution < 1.29 is 13.9 Å². The molecule has 0 saturated carbocycles. The first-order valence-electron chi connectivity index (χ1n) is 7.43. The van der Waals surface area contributed by atoms with Gasteiger partial charge in [-0.05, 0) is 42.8 Å². The largest absolute Gasteiger partial charge is 0.496 e. The molecule has 4 nitrogen and oxygen atoms in total. The van der Waals surface area contributed by atoms with Crippen LogP contribution in [-0.4, -0.2) is 13.0 Å². The summed E-state index contributed by atoms with van der Waals surface area (Å²) >= 11 is 0. The molecule has 5 heteroatoms. The second-order valence-electron chi connectivity index (χ2n) is 5.37. The highest BCUT2D eigenvalue weighted by molar-refractivity contribution is 5.88. The second-order valence-corrected chi connectivity index (χ2v) is 5.37. The van der Waals surface area contributed by atoms with E-state index in [2.05, 4.69) is 10.6 Å². The maximum atomic E-state index is 13.4. The molecule has 0 unspecified atom stereocenters. The van der Waals surface area contributed by atoms with Crippen molar-refractivity contribution in [2.24, 2.45) is 0 Å². The van der Waals surface area contributed by atoms with Gasteiger partial charge in [0.25, 0.3) is 0 Å². The molecule has 0 saturated heterocycles. The Morgan fingerprint density at radius 1 is 1.22 bits per heavy atom. The van der Waals surface area contributed by atoms with Crippen molar-refractivity contribution in [1.29, 1.82) is 0 Å². The molecule has 0 radical (unpaired) electrons. The van der Waals surface area contributed by atoms with Gasteiger partial charge < -0.3 is 15.4 Å². The molecule has 0 fully saturated rings. The highest BCUT2D eigenvalue weighted by atomic mass is 19.1. The smallest absolute Gasteiger partial charge is 0.221 e. The van der Waals surface area contributed by atoms with Crippen LogP contribution >= 0.6 is 0 Å². The predicted octanol–water partition coefficient (Wildman–Crippen LogP) is 3.64. The molecule has 122 valence electrons. The number of anilines is 1. The average Bonchev–Trinajstić information content (AvgIpc) is 2.53. The van der Waals surface area contributed by atoms with Crippen LogP contribution in [0.25, 0.3) is 0 Å². The number of nitrogens with one attached hydrogen (secondary N) is 2. The van der Waals surface area contributed by atoms with Crippen LogP contribution in [0.15, 0.2) is 42.5 Å². The molecule has 23 heavy (non-hydrogen) atoms. The van der Waals surface area contributed by atoms with Gasteiger partial charge in [-0.25, -0.2) is 4.39 Å². The van der Waals surface area contributed by atoms with Crippen molar-refractivity contribution >= 4 is 11.6 Å². The van der Waals surface area contributed by atoms with Crippen LogP contribution in [0.5, 0.6) is 5.75 Å². The van der Waals surface area contributed by atoms with E-state index in [4.69, 9.17) is 4.74 Å². The molecule has 2 aromatic carbocycles. The monoisotopic (exact) mass is 316 g/mol. The van der Waals surface area contributed by atoms with Gasteiger partial charge in [0.15, 0.2) is 0 Å². The summed E-state index contributed by atoms with van der Waals surface area (Å²) < 4.78 is 18.7. The van der Waals surface area contributed by atoms with Crippen LogP contribution < -0.4 is 15.4 Å². The number of amides is 1. The Labute approximate surface area is 135 Å². The quantitative estimate of drug-likeness (QED) is 0.855. The summed E-state index contributed by atoms with van der Waals surface area (Å²) in [5, 5.41) is 6.07. The molecular weight excluding hydrogens is 295 g/mol. The fourth-order valence-corrected chi connectivity index (χ4v) is 2.33. The van der Waals surface area contributed by atoms with Gasteiger partial charge in [-0.15, -0.1) is 0 Å². The lowest BCUT2D eigenvalue weighted by Gasteiger charge is -2.17. The van der Waals surface area contributed by atoms with Gasteiger partial charge in [0.1, 0.15) is 11.6 Å². The Morgan fingerprint density at radius 2 is 1.91 bits per heavy atom. The molecule has 2 aromatic rings. The summed E-state index contributed by atoms with van der Waals surface area (Å²) in [6.07, 6.45) is 0. The zero-order valence-corrected chi connectivity index (χ0v) is 13.5. The molecule has 2 rings (SSSR count). The molecule has 2 N–H and O–H groups in total. The first-order chi connectivity index (χ1) is 11.0. The number of hydrogen-bond acceptors (Lipinski definition) is 3. The van der Waals surface area contributed by atoms with Crippen molar-refractivity contribution in [1.82, 2.24) is 5.32 Å². The number of methoxy groups -OCH3 is 1. The number of ether oxygens (including phenoxy) is 1. The van der Waals surface area contributed by atoms with Crippen molar-refractivity contribution in [3.8, 4) is 5.75 Å². The number of carbonyl (C=O) groups is 1. The molecular formula is C18H21FN2O2. The fourth-order valence-electron chi connectivity index (χ4n) is 2.33. The molecule has 0 aromatic heterocycles. The van der Waals surface area contributed by atoms with E-state index in [0.29, 0.717) is 12.3 Å². The van der Waals surface area contributed by atoms with Crippen LogP contribution in [0.2, 0.25) is 0 Å². The van der Waals surface area contributed by atoms with Gasteiger partial charge in [-0.1, -0.05) is 12.1 Å². The summed E-state index contributed by atoms with van der Waals surface area (Å²) in [5.74, 6) is 0.282. The van der Waals surface area contributed by atoms with Crippen LogP contribution in [-0.2, 0) is 11.3 Å². The molecule has 0 aliphatic carbocycles. The summed E-state index contributed by atoms with van der Waals surface area (Å²) in [7, 11) is 1.57. The van der Waals surface area contributed by atoms with Crippen molar-refractivity contribution in [3.63, 3.8) is 0 Å². The summed E-state index contributed by atoms with van der Waals surface area (Å²) in [6, 6.07) is 12.0. The summed E-state index contributed by atoms with van der Waals surface area (Å²) in [5.41, 5.74) is 2.62. The first-order valence-corrected chi connectivity index (χ1v) is 7.43. The highest BCUT2D eigenvalue weighted by Crippen LogP contribution is 2.26. The Morgan fingerprint density at radius 3 is 2.52 bits per heavy atom. The lowest BCUT2D eigenvalue weighted by molar-refractivity contribution is -0.114. The Bertz CT molecular complexity index is 671. The summed E-state index contributed by atoms with van der Waals surface area (Å²) in [4.78, 5) is 11.0. The summed E-state index contributed by atoms with van der Waals surface area (Å²) in [6.45, 7) is 4.06. The van der Waals surface area contributed by atoms with Crippen LogP contribution in [0.4, 0.5) is 10.1 Å². The minimum Gasteiger partial charge on any atom is -0.496 e. The van der Waals surface area contributed by atoms with E-state index in [0.717, 1.165) is 16.8 Å². The average molecular weight is 316 g/mol. The molecule has 0 bridgehead atoms. The van der Waals surface area contributed by atoms with Gasteiger partial charge >= 0.3 is 0 Å². The van der Waals surface area contributed by atoms with Crippen molar-refractivity contribution in [3.05, 3.63) is 59.4 Å². The first kappa shape index (κ1) is 17.0. The highest BCUT2D eigenvalue weighted by Gasteiger charge is 2.12. The standard InChI is InChI=1S/C18H21FN2O2/c1-12(17-10-15(19)6-9-18(17)23-3)20-11-14-4-7-16(8-5-14)21-13(2)22/h4-10,12,20H,11H2,1-3H3,(H,21,22)/t12-/m1/s1. The Hall–Kier alpha value is -2.40. The minimum atomic E-state index is -0.283. The lowest BCUT2D eigenvalue weighted by Crippen LogP contribution is -2.19. The van der Waals surface area contributed by atoms with Gasteiger partial charge in [-0.3, -0.25) is 4.79 Å². The second kappa shape index (κ2) is 7.74. The zero-order valence-electron chi connectivity index (χ0n) is 13.5. The van der Waals surface area contributed by atoms with Gasteiger partial charge in [0.05, 0.1) is 7.11 Å². The van der Waals surface area contributed by atoms with E-state index in [1.807, 2.05) is 31.2 Å². The zero-order chi connectivity index (χ0) is 16.8. The molecule has 0 aliphatic heterocycles. The van der Waals surface area contributed by atoms with Crippen LogP contribution in [0, 0.1) is 5.82 Å². The Balaban J connectivity index is 2.00. The van der Waals surface area contributed by atoms with E-state index < -0.39 is 0 Å². The van der Waals surface area contributed by atoms with E-state index in [1.54, 1.807) is 13.2 Å². The molecule has 0 spiro atoms. The predicted molar refractivity (Wildman–Crippen MR) is 89.0 cm³/mol. The normalized spacial score (nSPS) is 11.8. The van der Waals surface area contributed by atoms with E-state index in [-0.39, 0.29) is 17.8 Å². The van der Waals surface area contributed by atoms with Gasteiger partial charge in [-0.2, -0.15) is 0 Å². The van der Waals surface area contributed by atoms with E-state index >= 15 is 0 Å². The third-order valence-electron chi connectivity index (χ3n) is 3.54. The van der Waals surface area contributed by atoms with E-state index in [1.165, 1.54) is 19.1 Å². The molecule has 0 aliphatic rings. The fraction of sp³-hybridized carbons (Fsp3) is 0.278. The number of rotatable bonds is 6. The van der Waals surface area contributed by atoms with Crippen molar-refractivity contribution in [2.45, 2.75) is 26.4 Å². The number of benzene rings is 2. The van der Waals surface area contributed by atoms with Crippen LogP contribution in [0.1, 0.15) is 31.0 Å². The molecule has 1 atom stereocenters. The topological polar surface area (TPSA) is 50.4 Å². The minimum absolute atomic E-state index is 0.0596. The molecule has 1 amide bonds. The van der Waals surface area contributed by atoms with Crippen LogP contribution in [0.3, 0.4) is 0 Å². The van der Waals surface area contributed by atoms with Crippen molar-refractivity contribution in [2.75, 3.05) is 12.4 Å². The number of hydrogen-bond donors (Lipinski definition) is 2. The Kier molecular flexibility index (Phi) is 5.71. The lowest BCUT2D eigenvalue weighted by atomic mass is 10.1. The maximum absolute atomic E-state index is 13.4. The number of halogens is 1. The third kappa shape index (κ3) is 4.79. The third-order valence-corrected chi connectivity index (χ3v) is 3.54. The SMILES string of the molecule is COc1ccc(F)cc1[C@@H](C)NCc1ccc(NC(C)=O)cc1. The maximum Gasteiger partial charge on any atom is 0.221 e.